The highest BCUT2D eigenvalue weighted by molar-refractivity contribution is 6.42. The molecule has 5 nitrogen and oxygen atoms in total. The molecule has 7 heteroatoms. The molecule has 2 unspecified atom stereocenters. The van der Waals surface area contributed by atoms with Crippen molar-refractivity contribution in [2.24, 2.45) is 11.7 Å². The van der Waals surface area contributed by atoms with Crippen molar-refractivity contribution in [1.82, 2.24) is 10.1 Å². The first-order valence-electron chi connectivity index (χ1n) is 6.76. The minimum Gasteiger partial charge on any atom is -0.479 e. The number of nitrogens with two attached hydrogens (primary N) is 1. The van der Waals surface area contributed by atoms with Gasteiger partial charge in [0.1, 0.15) is 10.8 Å². The van der Waals surface area contributed by atoms with Crippen LogP contribution < -0.4 is 10.5 Å². The van der Waals surface area contributed by atoms with Gasteiger partial charge in [0.05, 0.1) is 11.1 Å². The Morgan fingerprint density at radius 2 is 2.14 bits per heavy atom. The molecule has 0 spiro atoms. The van der Waals surface area contributed by atoms with Crippen molar-refractivity contribution in [1.29, 1.82) is 0 Å². The van der Waals surface area contributed by atoms with Crippen LogP contribution in [0, 0.1) is 5.92 Å². The number of aromatic nitrogens is 2. The molecule has 1 aromatic carbocycles. The van der Waals surface area contributed by atoms with E-state index in [-0.39, 0.29) is 6.04 Å². The molecular weight excluding hydrogens is 313 g/mol. The lowest BCUT2D eigenvalue weighted by Gasteiger charge is -2.12. The Bertz CT molecular complexity index is 643. The Balaban J connectivity index is 1.73. The van der Waals surface area contributed by atoms with Crippen LogP contribution in [0.5, 0.6) is 5.75 Å². The summed E-state index contributed by atoms with van der Waals surface area (Å²) >= 11 is 12.0. The molecule has 1 aliphatic carbocycles. The number of hydrogen-bond donors (Lipinski definition) is 1. The molecule has 0 aliphatic heterocycles. The van der Waals surface area contributed by atoms with Gasteiger partial charge in [-0.05, 0) is 37.8 Å². The summed E-state index contributed by atoms with van der Waals surface area (Å²) in [5.74, 6) is 1.84. The second kappa shape index (κ2) is 5.83. The molecule has 1 heterocycles. The monoisotopic (exact) mass is 327 g/mol. The van der Waals surface area contributed by atoms with Crippen LogP contribution in [0.4, 0.5) is 0 Å². The minimum absolute atomic E-state index is 0.163. The van der Waals surface area contributed by atoms with E-state index in [0.29, 0.717) is 33.4 Å². The Morgan fingerprint density at radius 1 is 1.38 bits per heavy atom. The van der Waals surface area contributed by atoms with Crippen molar-refractivity contribution >= 4 is 23.2 Å². The summed E-state index contributed by atoms with van der Waals surface area (Å²) in [6.07, 6.45) is 1.80. The van der Waals surface area contributed by atoms with Gasteiger partial charge in [-0.15, -0.1) is 0 Å². The van der Waals surface area contributed by atoms with Gasteiger partial charge in [-0.25, -0.2) is 0 Å². The van der Waals surface area contributed by atoms with Crippen LogP contribution in [0.15, 0.2) is 22.7 Å². The highest BCUT2D eigenvalue weighted by Gasteiger charge is 2.33. The van der Waals surface area contributed by atoms with Crippen LogP contribution in [0.2, 0.25) is 10.0 Å². The molecule has 3 rings (SSSR count). The quantitative estimate of drug-likeness (QED) is 0.900. The van der Waals surface area contributed by atoms with E-state index in [1.807, 2.05) is 0 Å². The summed E-state index contributed by atoms with van der Waals surface area (Å²) in [6, 6.07) is 5.03. The predicted molar refractivity (Wildman–Crippen MR) is 79.5 cm³/mol. The van der Waals surface area contributed by atoms with Crippen molar-refractivity contribution in [2.45, 2.75) is 31.9 Å². The van der Waals surface area contributed by atoms with Crippen LogP contribution in [-0.4, -0.2) is 10.1 Å². The van der Waals surface area contributed by atoms with Crippen LogP contribution in [-0.2, 0) is 0 Å². The molecule has 0 bridgehead atoms. The fraction of sp³-hybridized carbons (Fsp3) is 0.429. The summed E-state index contributed by atoms with van der Waals surface area (Å²) in [5, 5.41) is 4.73. The van der Waals surface area contributed by atoms with E-state index in [0.717, 1.165) is 12.8 Å². The van der Waals surface area contributed by atoms with E-state index in [9.17, 15) is 0 Å². The van der Waals surface area contributed by atoms with E-state index in [2.05, 4.69) is 10.1 Å². The molecular formula is C14H15Cl2N3O2. The third-order valence-electron chi connectivity index (χ3n) is 3.45. The van der Waals surface area contributed by atoms with Crippen molar-refractivity contribution < 1.29 is 9.26 Å². The molecule has 2 aromatic rings. The van der Waals surface area contributed by atoms with Gasteiger partial charge < -0.3 is 15.0 Å². The largest absolute Gasteiger partial charge is 0.479 e. The molecule has 112 valence electrons. The number of nitrogens with zero attached hydrogens (tertiary/aromatic N) is 2. The zero-order valence-electron chi connectivity index (χ0n) is 11.4. The lowest BCUT2D eigenvalue weighted by molar-refractivity contribution is 0.175. The topological polar surface area (TPSA) is 74.2 Å². The van der Waals surface area contributed by atoms with Crippen LogP contribution in [0.3, 0.4) is 0 Å². The first kappa shape index (κ1) is 14.6. The highest BCUT2D eigenvalue weighted by Crippen LogP contribution is 2.39. The van der Waals surface area contributed by atoms with Crippen LogP contribution >= 0.6 is 23.2 Å². The third-order valence-corrected chi connectivity index (χ3v) is 4.25. The number of rotatable bonds is 5. The van der Waals surface area contributed by atoms with E-state index < -0.39 is 6.10 Å². The first-order valence-corrected chi connectivity index (χ1v) is 7.51. The molecule has 21 heavy (non-hydrogen) atoms. The molecule has 1 aliphatic rings. The van der Waals surface area contributed by atoms with Gasteiger partial charge in [-0.3, -0.25) is 0 Å². The van der Waals surface area contributed by atoms with Gasteiger partial charge in [-0.1, -0.05) is 34.4 Å². The maximum Gasteiger partial charge on any atom is 0.267 e. The van der Waals surface area contributed by atoms with Crippen molar-refractivity contribution in [3.63, 3.8) is 0 Å². The lowest BCUT2D eigenvalue weighted by atomic mass is 10.2. The normalized spacial score (nSPS) is 17.5. The third kappa shape index (κ3) is 3.15. The molecule has 1 aromatic heterocycles. The number of halogens is 2. The highest BCUT2D eigenvalue weighted by atomic mass is 35.5. The van der Waals surface area contributed by atoms with Crippen LogP contribution in [0.25, 0.3) is 0 Å². The summed E-state index contributed by atoms with van der Waals surface area (Å²) in [6.45, 7) is 1.80. The second-order valence-electron chi connectivity index (χ2n) is 5.17. The molecule has 0 radical (unpaired) electrons. The van der Waals surface area contributed by atoms with Gasteiger partial charge in [0.15, 0.2) is 11.9 Å². The number of benzene rings is 1. The summed E-state index contributed by atoms with van der Waals surface area (Å²) < 4.78 is 11.0. The molecule has 0 saturated heterocycles. The van der Waals surface area contributed by atoms with Gasteiger partial charge >= 0.3 is 0 Å². The maximum atomic E-state index is 6.09. The molecule has 0 amide bonds. The van der Waals surface area contributed by atoms with Gasteiger partial charge in [0, 0.05) is 0 Å². The average Bonchev–Trinajstić information content (AvgIpc) is 3.19. The van der Waals surface area contributed by atoms with E-state index in [4.69, 9.17) is 38.2 Å². The first-order chi connectivity index (χ1) is 10.1. The molecule has 1 fully saturated rings. The molecule has 2 N–H and O–H groups in total. The van der Waals surface area contributed by atoms with Gasteiger partial charge in [0.2, 0.25) is 0 Å². The van der Waals surface area contributed by atoms with Crippen molar-refractivity contribution in [3.8, 4) is 5.75 Å². The Kier molecular flexibility index (Phi) is 4.06. The predicted octanol–water partition coefficient (Wildman–Crippen LogP) is 3.93. The summed E-state index contributed by atoms with van der Waals surface area (Å²) in [7, 11) is 0. The van der Waals surface area contributed by atoms with E-state index in [1.165, 1.54) is 0 Å². The lowest BCUT2D eigenvalue weighted by Crippen LogP contribution is -2.14. The summed E-state index contributed by atoms with van der Waals surface area (Å²) in [5.41, 5.74) is 6.05. The Morgan fingerprint density at radius 3 is 2.86 bits per heavy atom. The number of ether oxygens (including phenoxy) is 1. The standard InChI is InChI=1S/C14H15Cl2N3O2/c1-7(20-10-4-2-3-9(15)11(10)16)14-18-13(19-21-14)12(17)8-5-6-8/h2-4,7-8,12H,5-6,17H2,1H3. The molecule has 1 saturated carbocycles. The van der Waals surface area contributed by atoms with Crippen molar-refractivity contribution in [3.05, 3.63) is 40.0 Å². The summed E-state index contributed by atoms with van der Waals surface area (Å²) in [4.78, 5) is 4.32. The SMILES string of the molecule is CC(Oc1cccc(Cl)c1Cl)c1nc(C(N)C2CC2)no1. The van der Waals surface area contributed by atoms with Gasteiger partial charge in [-0.2, -0.15) is 4.98 Å². The Labute approximate surface area is 132 Å². The van der Waals surface area contributed by atoms with E-state index >= 15 is 0 Å². The fourth-order valence-corrected chi connectivity index (χ4v) is 2.37. The zero-order chi connectivity index (χ0) is 15.0. The number of hydrogen-bond acceptors (Lipinski definition) is 5. The van der Waals surface area contributed by atoms with Gasteiger partial charge in [0.25, 0.3) is 5.89 Å². The van der Waals surface area contributed by atoms with E-state index in [1.54, 1.807) is 25.1 Å². The van der Waals surface area contributed by atoms with Crippen molar-refractivity contribution in [2.75, 3.05) is 0 Å². The smallest absolute Gasteiger partial charge is 0.267 e. The zero-order valence-corrected chi connectivity index (χ0v) is 12.9. The molecule has 2 atom stereocenters. The Hall–Kier alpha value is -1.30. The minimum atomic E-state index is -0.436. The van der Waals surface area contributed by atoms with Crippen LogP contribution in [0.1, 0.15) is 43.6 Å². The second-order valence-corrected chi connectivity index (χ2v) is 5.95. The fourth-order valence-electron chi connectivity index (χ4n) is 2.03. The average molecular weight is 328 g/mol. The maximum absolute atomic E-state index is 6.09.